The van der Waals surface area contributed by atoms with Crippen LogP contribution in [0.1, 0.15) is 16.4 Å². The van der Waals surface area contributed by atoms with Gasteiger partial charge in [0.05, 0.1) is 25.2 Å². The highest BCUT2D eigenvalue weighted by Crippen LogP contribution is 2.47. The van der Waals surface area contributed by atoms with Crippen LogP contribution in [0.4, 0.5) is 5.69 Å². The van der Waals surface area contributed by atoms with E-state index in [1.54, 1.807) is 20.3 Å². The van der Waals surface area contributed by atoms with Crippen LogP contribution in [0.25, 0.3) is 0 Å². The van der Waals surface area contributed by atoms with Crippen LogP contribution in [0, 0.1) is 0 Å². The molecule has 0 saturated heterocycles. The van der Waals surface area contributed by atoms with Crippen molar-refractivity contribution in [2.75, 3.05) is 25.3 Å². The maximum absolute atomic E-state index is 12.0. The van der Waals surface area contributed by atoms with E-state index in [-0.39, 0.29) is 11.2 Å². The van der Waals surface area contributed by atoms with Crippen molar-refractivity contribution in [1.29, 1.82) is 0 Å². The molecule has 0 spiro atoms. The van der Waals surface area contributed by atoms with E-state index in [0.717, 1.165) is 16.8 Å². The minimum absolute atomic E-state index is 0.0251. The van der Waals surface area contributed by atoms with Crippen molar-refractivity contribution in [3.05, 3.63) is 52.5 Å². The maximum Gasteiger partial charge on any atom is 0.234 e. The molecule has 1 aliphatic rings. The van der Waals surface area contributed by atoms with E-state index in [4.69, 9.17) is 21.1 Å². The Labute approximate surface area is 144 Å². The number of para-hydroxylation sites is 1. The van der Waals surface area contributed by atoms with Crippen LogP contribution >= 0.6 is 23.4 Å². The predicted octanol–water partition coefficient (Wildman–Crippen LogP) is 4.13. The monoisotopic (exact) mass is 349 g/mol. The summed E-state index contributed by atoms with van der Waals surface area (Å²) >= 11 is 7.71. The molecule has 6 heteroatoms. The van der Waals surface area contributed by atoms with Gasteiger partial charge in [-0.3, -0.25) is 4.79 Å². The molecular weight excluding hydrogens is 334 g/mol. The van der Waals surface area contributed by atoms with Gasteiger partial charge in [0.1, 0.15) is 0 Å². The van der Waals surface area contributed by atoms with Gasteiger partial charge in [-0.1, -0.05) is 23.7 Å². The Bertz CT molecular complexity index is 751. The summed E-state index contributed by atoms with van der Waals surface area (Å²) < 4.78 is 10.9. The number of benzene rings is 2. The van der Waals surface area contributed by atoms with Crippen molar-refractivity contribution in [3.63, 3.8) is 0 Å². The first kappa shape index (κ1) is 16.0. The van der Waals surface area contributed by atoms with Crippen LogP contribution in [0.15, 0.2) is 36.4 Å². The van der Waals surface area contributed by atoms with E-state index in [2.05, 4.69) is 5.32 Å². The number of ether oxygens (including phenoxy) is 2. The number of halogens is 1. The minimum Gasteiger partial charge on any atom is -0.493 e. The maximum atomic E-state index is 12.0. The molecule has 0 fully saturated rings. The number of methoxy groups -OCH3 is 2. The number of carbonyl (C=O) groups excluding carboxylic acids is 1. The van der Waals surface area contributed by atoms with Gasteiger partial charge in [0, 0.05) is 16.3 Å². The molecule has 1 heterocycles. The molecule has 3 rings (SSSR count). The lowest BCUT2D eigenvalue weighted by Gasteiger charge is -2.21. The van der Waals surface area contributed by atoms with Crippen molar-refractivity contribution in [2.45, 2.75) is 5.25 Å². The van der Waals surface area contributed by atoms with Gasteiger partial charge in [0.15, 0.2) is 11.5 Å². The molecule has 1 aliphatic heterocycles. The van der Waals surface area contributed by atoms with Gasteiger partial charge in [-0.2, -0.15) is 0 Å². The lowest BCUT2D eigenvalue weighted by atomic mass is 10.0. The van der Waals surface area contributed by atoms with Gasteiger partial charge in [0.2, 0.25) is 5.91 Å². The highest BCUT2D eigenvalue weighted by atomic mass is 35.5. The number of carbonyl (C=O) groups is 1. The van der Waals surface area contributed by atoms with E-state index in [9.17, 15) is 4.79 Å². The quantitative estimate of drug-likeness (QED) is 0.905. The zero-order chi connectivity index (χ0) is 16.4. The Morgan fingerprint density at radius 3 is 2.74 bits per heavy atom. The van der Waals surface area contributed by atoms with E-state index >= 15 is 0 Å². The summed E-state index contributed by atoms with van der Waals surface area (Å²) in [6.07, 6.45) is 0. The normalized spacial score (nSPS) is 17.0. The van der Waals surface area contributed by atoms with Gasteiger partial charge in [-0.25, -0.2) is 0 Å². The molecule has 1 N–H and O–H groups in total. The highest BCUT2D eigenvalue weighted by molar-refractivity contribution is 8.00. The molecule has 0 aliphatic carbocycles. The summed E-state index contributed by atoms with van der Waals surface area (Å²) in [4.78, 5) is 12.0. The molecule has 0 radical (unpaired) electrons. The van der Waals surface area contributed by atoms with Gasteiger partial charge >= 0.3 is 0 Å². The van der Waals surface area contributed by atoms with Crippen molar-refractivity contribution in [2.24, 2.45) is 0 Å². The van der Waals surface area contributed by atoms with E-state index in [1.807, 2.05) is 30.3 Å². The van der Waals surface area contributed by atoms with Crippen molar-refractivity contribution in [1.82, 2.24) is 0 Å². The standard InChI is InChI=1S/C17H16ClNO3S/c1-21-14-5-3-4-11(16(14)22-2)17-12-8-10(18)6-7-13(12)19-15(20)9-23-17/h3-8,17H,9H2,1-2H3,(H,19,20). The third-order valence-corrected chi connectivity index (χ3v) is 5.17. The summed E-state index contributed by atoms with van der Waals surface area (Å²) in [5.74, 6) is 1.67. The Hall–Kier alpha value is -1.85. The molecule has 120 valence electrons. The van der Waals surface area contributed by atoms with Crippen LogP contribution < -0.4 is 14.8 Å². The van der Waals surface area contributed by atoms with Crippen LogP contribution in [0.2, 0.25) is 5.02 Å². The number of hydrogen-bond acceptors (Lipinski definition) is 4. The second-order valence-corrected chi connectivity index (χ2v) is 6.58. The number of amides is 1. The van der Waals surface area contributed by atoms with Crippen molar-refractivity contribution < 1.29 is 14.3 Å². The fourth-order valence-corrected chi connectivity index (χ4v) is 3.99. The first-order valence-electron chi connectivity index (χ1n) is 7.06. The molecule has 1 amide bonds. The van der Waals surface area contributed by atoms with E-state index < -0.39 is 0 Å². The predicted molar refractivity (Wildman–Crippen MR) is 93.9 cm³/mol. The number of nitrogens with one attached hydrogen (secondary N) is 1. The number of hydrogen-bond donors (Lipinski definition) is 1. The Morgan fingerprint density at radius 2 is 2.00 bits per heavy atom. The SMILES string of the molecule is COc1cccc(C2SCC(=O)Nc3ccc(Cl)cc32)c1OC. The number of fused-ring (bicyclic) bond motifs is 1. The molecule has 0 saturated carbocycles. The van der Waals surface area contributed by atoms with Crippen LogP contribution in [0.3, 0.4) is 0 Å². The molecule has 1 atom stereocenters. The Morgan fingerprint density at radius 1 is 1.17 bits per heavy atom. The second-order valence-electron chi connectivity index (χ2n) is 5.05. The first-order valence-corrected chi connectivity index (χ1v) is 8.48. The number of rotatable bonds is 3. The van der Waals surface area contributed by atoms with Gasteiger partial charge in [-0.05, 0) is 29.8 Å². The molecular formula is C17H16ClNO3S. The molecule has 2 aromatic rings. The number of anilines is 1. The van der Waals surface area contributed by atoms with Crippen LogP contribution in [-0.4, -0.2) is 25.9 Å². The molecule has 0 aromatic heterocycles. The minimum atomic E-state index is -0.0762. The molecule has 4 nitrogen and oxygen atoms in total. The van der Waals surface area contributed by atoms with Gasteiger partial charge in [-0.15, -0.1) is 11.8 Å². The topological polar surface area (TPSA) is 47.6 Å². The van der Waals surface area contributed by atoms with Crippen molar-refractivity contribution >= 4 is 35.0 Å². The molecule has 2 aromatic carbocycles. The summed E-state index contributed by atoms with van der Waals surface area (Å²) in [5, 5.41) is 3.48. The average Bonchev–Trinajstić information content (AvgIpc) is 2.72. The molecule has 0 bridgehead atoms. The van der Waals surface area contributed by atoms with Crippen LogP contribution in [-0.2, 0) is 4.79 Å². The van der Waals surface area contributed by atoms with Crippen molar-refractivity contribution in [3.8, 4) is 11.5 Å². The lowest BCUT2D eigenvalue weighted by molar-refractivity contribution is -0.113. The first-order chi connectivity index (χ1) is 11.1. The fraction of sp³-hybridized carbons (Fsp3) is 0.235. The third kappa shape index (κ3) is 3.12. The lowest BCUT2D eigenvalue weighted by Crippen LogP contribution is -2.12. The van der Waals surface area contributed by atoms with Crippen LogP contribution in [0.5, 0.6) is 11.5 Å². The highest BCUT2D eigenvalue weighted by Gasteiger charge is 2.27. The second kappa shape index (κ2) is 6.72. The Kier molecular flexibility index (Phi) is 4.68. The summed E-state index contributed by atoms with van der Waals surface area (Å²) in [6, 6.07) is 11.3. The molecule has 23 heavy (non-hydrogen) atoms. The van der Waals surface area contributed by atoms with Gasteiger partial charge in [0.25, 0.3) is 0 Å². The van der Waals surface area contributed by atoms with E-state index in [0.29, 0.717) is 22.3 Å². The largest absolute Gasteiger partial charge is 0.493 e. The zero-order valence-electron chi connectivity index (χ0n) is 12.8. The van der Waals surface area contributed by atoms with Gasteiger partial charge < -0.3 is 14.8 Å². The number of thioether (sulfide) groups is 1. The summed E-state index contributed by atoms with van der Waals surface area (Å²) in [7, 11) is 3.22. The summed E-state index contributed by atoms with van der Waals surface area (Å²) in [6.45, 7) is 0. The third-order valence-electron chi connectivity index (χ3n) is 3.67. The fourth-order valence-electron chi connectivity index (χ4n) is 2.68. The summed E-state index contributed by atoms with van der Waals surface area (Å²) in [5.41, 5.74) is 2.69. The molecule has 1 unspecified atom stereocenters. The smallest absolute Gasteiger partial charge is 0.234 e. The zero-order valence-corrected chi connectivity index (χ0v) is 14.3. The Balaban J connectivity index is 2.17. The average molecular weight is 350 g/mol. The van der Waals surface area contributed by atoms with E-state index in [1.165, 1.54) is 11.8 Å².